The fourth-order valence-corrected chi connectivity index (χ4v) is 4.62. The highest BCUT2D eigenvalue weighted by molar-refractivity contribution is 6.74. The van der Waals surface area contributed by atoms with Crippen LogP contribution in [0.2, 0.25) is 18.1 Å². The number of nitrogens with zero attached hydrogens (tertiary/aromatic N) is 3. The van der Waals surface area contributed by atoms with Crippen molar-refractivity contribution in [2.45, 2.75) is 77.7 Å². The molecule has 0 fully saturated rings. The van der Waals surface area contributed by atoms with Crippen molar-refractivity contribution in [1.82, 2.24) is 14.1 Å². The van der Waals surface area contributed by atoms with E-state index in [4.69, 9.17) is 14.9 Å². The molecular weight excluding hydrogens is 444 g/mol. The van der Waals surface area contributed by atoms with E-state index in [1.54, 1.807) is 12.5 Å². The third-order valence-corrected chi connectivity index (χ3v) is 11.4. The van der Waals surface area contributed by atoms with Crippen molar-refractivity contribution >= 4 is 25.1 Å². The van der Waals surface area contributed by atoms with Crippen molar-refractivity contribution in [1.29, 1.82) is 0 Å². The Kier molecular flexibility index (Phi) is 8.25. The number of nitrogens with two attached hydrogens (primary N) is 1. The van der Waals surface area contributed by atoms with Crippen LogP contribution in [0, 0.1) is 0 Å². The Labute approximate surface area is 204 Å². The Morgan fingerprint density at radius 2 is 2.00 bits per heavy atom. The van der Waals surface area contributed by atoms with Gasteiger partial charge in [0.2, 0.25) is 0 Å². The van der Waals surface area contributed by atoms with Crippen LogP contribution in [0.5, 0.6) is 5.75 Å². The zero-order chi connectivity index (χ0) is 24.9. The maximum absolute atomic E-state index is 11.6. The van der Waals surface area contributed by atoms with Crippen LogP contribution >= 0.6 is 0 Å². The number of amides is 1. The predicted molar refractivity (Wildman–Crippen MR) is 140 cm³/mol. The molecule has 2 aromatic heterocycles. The summed E-state index contributed by atoms with van der Waals surface area (Å²) in [6.07, 6.45) is 8.53. The number of aryl methyl sites for hydroxylation is 1. The standard InChI is InChI=1S/C26H40N4O3Si/c1-7-8-15-32-22-10-9-20-11-13-29(24(20)16-22)14-12-21(18-33-34(5,6)26(2,3)4)30-17-23(25(27)31)28-19-30/h9-11,13,16-17,19,21H,7-8,12,14-15,18H2,1-6H3,(H2,27,31). The number of fused-ring (bicyclic) bond motifs is 1. The second kappa shape index (κ2) is 10.8. The van der Waals surface area contributed by atoms with Crippen molar-refractivity contribution in [3.63, 3.8) is 0 Å². The molecule has 0 aliphatic carbocycles. The Morgan fingerprint density at radius 1 is 1.24 bits per heavy atom. The minimum absolute atomic E-state index is 0.0381. The van der Waals surface area contributed by atoms with Gasteiger partial charge in [-0.15, -0.1) is 0 Å². The maximum Gasteiger partial charge on any atom is 0.268 e. The molecule has 1 unspecified atom stereocenters. The Bertz CT molecular complexity index is 1100. The lowest BCUT2D eigenvalue weighted by Crippen LogP contribution is -2.42. The molecule has 0 bridgehead atoms. The number of unbranched alkanes of at least 4 members (excludes halogenated alkanes) is 1. The van der Waals surface area contributed by atoms with E-state index in [-0.39, 0.29) is 16.8 Å². The van der Waals surface area contributed by atoms with Gasteiger partial charge in [0.15, 0.2) is 8.32 Å². The number of carbonyl (C=O) groups excluding carboxylic acids is 1. The van der Waals surface area contributed by atoms with Crippen molar-refractivity contribution in [3.05, 3.63) is 48.7 Å². The summed E-state index contributed by atoms with van der Waals surface area (Å²) >= 11 is 0. The topological polar surface area (TPSA) is 84.3 Å². The number of carbonyl (C=O) groups is 1. The van der Waals surface area contributed by atoms with Crippen LogP contribution in [0.1, 0.15) is 63.5 Å². The number of hydrogen-bond acceptors (Lipinski definition) is 4. The second-order valence-electron chi connectivity index (χ2n) is 10.5. The number of aromatic nitrogens is 3. The minimum atomic E-state index is -1.93. The largest absolute Gasteiger partial charge is 0.494 e. The van der Waals surface area contributed by atoms with Crippen molar-refractivity contribution in [2.24, 2.45) is 5.73 Å². The molecule has 2 N–H and O–H groups in total. The van der Waals surface area contributed by atoms with Crippen molar-refractivity contribution in [2.75, 3.05) is 13.2 Å². The van der Waals surface area contributed by atoms with E-state index in [1.807, 2.05) is 10.6 Å². The monoisotopic (exact) mass is 484 g/mol. The van der Waals surface area contributed by atoms with Gasteiger partial charge in [0.05, 0.1) is 31.1 Å². The quantitative estimate of drug-likeness (QED) is 0.261. The lowest BCUT2D eigenvalue weighted by atomic mass is 10.2. The third kappa shape index (κ3) is 6.30. The Hall–Kier alpha value is -2.58. The van der Waals surface area contributed by atoms with E-state index in [1.165, 1.54) is 5.39 Å². The van der Waals surface area contributed by atoms with Gasteiger partial charge in [-0.2, -0.15) is 0 Å². The molecule has 3 aromatic rings. The van der Waals surface area contributed by atoms with Crippen LogP contribution in [-0.2, 0) is 11.0 Å². The summed E-state index contributed by atoms with van der Waals surface area (Å²) in [7, 11) is -1.93. The van der Waals surface area contributed by atoms with Crippen LogP contribution in [-0.4, -0.2) is 41.6 Å². The van der Waals surface area contributed by atoms with Gasteiger partial charge < -0.3 is 24.0 Å². The highest BCUT2D eigenvalue weighted by Gasteiger charge is 2.37. The van der Waals surface area contributed by atoms with Gasteiger partial charge in [-0.05, 0) is 54.6 Å². The van der Waals surface area contributed by atoms with E-state index in [0.29, 0.717) is 6.61 Å². The molecule has 1 atom stereocenters. The van der Waals surface area contributed by atoms with E-state index in [9.17, 15) is 4.79 Å². The van der Waals surface area contributed by atoms with Crippen molar-refractivity contribution < 1.29 is 14.0 Å². The molecule has 34 heavy (non-hydrogen) atoms. The lowest BCUT2D eigenvalue weighted by molar-refractivity contribution is 0.0995. The zero-order valence-electron chi connectivity index (χ0n) is 21.5. The molecule has 0 saturated heterocycles. The number of rotatable bonds is 12. The molecule has 0 saturated carbocycles. The minimum Gasteiger partial charge on any atom is -0.494 e. The van der Waals surface area contributed by atoms with Crippen LogP contribution < -0.4 is 10.5 Å². The third-order valence-electron chi connectivity index (χ3n) is 6.93. The summed E-state index contributed by atoms with van der Waals surface area (Å²) in [6.45, 7) is 15.5. The van der Waals surface area contributed by atoms with Crippen LogP contribution in [0.3, 0.4) is 0 Å². The molecule has 0 aliphatic rings. The maximum atomic E-state index is 11.6. The van der Waals surface area contributed by atoms with Gasteiger partial charge in [-0.1, -0.05) is 34.1 Å². The number of ether oxygens (including phenoxy) is 1. The first-order valence-corrected chi connectivity index (χ1v) is 15.1. The van der Waals surface area contributed by atoms with E-state index in [0.717, 1.165) is 43.7 Å². The molecule has 186 valence electrons. The summed E-state index contributed by atoms with van der Waals surface area (Å²) < 4.78 is 16.7. The zero-order valence-corrected chi connectivity index (χ0v) is 22.5. The highest BCUT2D eigenvalue weighted by atomic mass is 28.4. The van der Waals surface area contributed by atoms with Gasteiger partial charge >= 0.3 is 0 Å². The second-order valence-corrected chi connectivity index (χ2v) is 15.3. The van der Waals surface area contributed by atoms with Gasteiger partial charge in [0.25, 0.3) is 5.91 Å². The van der Waals surface area contributed by atoms with E-state index < -0.39 is 14.2 Å². The van der Waals surface area contributed by atoms with Crippen LogP contribution in [0.25, 0.3) is 10.9 Å². The first kappa shape index (κ1) is 26.0. The predicted octanol–water partition coefficient (Wildman–Crippen LogP) is 5.77. The summed E-state index contributed by atoms with van der Waals surface area (Å²) in [5.41, 5.74) is 6.87. The summed E-state index contributed by atoms with van der Waals surface area (Å²) in [4.78, 5) is 15.8. The van der Waals surface area contributed by atoms with Gasteiger partial charge in [0.1, 0.15) is 11.4 Å². The first-order chi connectivity index (χ1) is 16.0. The highest BCUT2D eigenvalue weighted by Crippen LogP contribution is 2.37. The van der Waals surface area contributed by atoms with Crippen LogP contribution in [0.15, 0.2) is 43.0 Å². The molecule has 1 amide bonds. The lowest BCUT2D eigenvalue weighted by Gasteiger charge is -2.37. The first-order valence-electron chi connectivity index (χ1n) is 12.2. The summed E-state index contributed by atoms with van der Waals surface area (Å²) in [5, 5.41) is 1.31. The number of hydrogen-bond donors (Lipinski definition) is 1. The number of imidazole rings is 1. The number of benzene rings is 1. The Balaban J connectivity index is 1.78. The number of primary amides is 1. The smallest absolute Gasteiger partial charge is 0.268 e. The molecule has 2 heterocycles. The SMILES string of the molecule is CCCCOc1ccc2ccn(CCC(CO[Si](C)(C)C(C)(C)C)n3cnc(C(N)=O)c3)c2c1. The van der Waals surface area contributed by atoms with E-state index in [2.05, 4.69) is 74.7 Å². The molecule has 0 radical (unpaired) electrons. The average molecular weight is 485 g/mol. The van der Waals surface area contributed by atoms with Gasteiger partial charge in [0, 0.05) is 25.0 Å². The molecule has 8 heteroatoms. The summed E-state index contributed by atoms with van der Waals surface area (Å²) in [5.74, 6) is 0.384. The Morgan fingerprint density at radius 3 is 2.65 bits per heavy atom. The van der Waals surface area contributed by atoms with Crippen molar-refractivity contribution in [3.8, 4) is 5.75 Å². The van der Waals surface area contributed by atoms with Gasteiger partial charge in [-0.3, -0.25) is 4.79 Å². The fourth-order valence-electron chi connectivity index (χ4n) is 3.57. The molecule has 0 spiro atoms. The molecule has 3 rings (SSSR count). The molecule has 7 nitrogen and oxygen atoms in total. The van der Waals surface area contributed by atoms with E-state index >= 15 is 0 Å². The molecule has 0 aliphatic heterocycles. The van der Waals surface area contributed by atoms with Gasteiger partial charge in [-0.25, -0.2) is 4.98 Å². The summed E-state index contributed by atoms with van der Waals surface area (Å²) in [6, 6.07) is 8.44. The normalized spacial score (nSPS) is 13.4. The molecular formula is C26H40N4O3Si. The average Bonchev–Trinajstić information content (AvgIpc) is 3.41. The molecule has 1 aromatic carbocycles. The fraction of sp³-hybridized carbons (Fsp3) is 0.538. The van der Waals surface area contributed by atoms with Crippen LogP contribution in [0.4, 0.5) is 0 Å².